The van der Waals surface area contributed by atoms with E-state index in [2.05, 4.69) is 5.10 Å². The zero-order valence-electron chi connectivity index (χ0n) is 11.3. The Kier molecular flexibility index (Phi) is 3.57. The third-order valence-corrected chi connectivity index (χ3v) is 3.76. The van der Waals surface area contributed by atoms with Crippen molar-refractivity contribution in [1.29, 1.82) is 5.26 Å². The summed E-state index contributed by atoms with van der Waals surface area (Å²) in [6.45, 7) is 1.10. The summed E-state index contributed by atoms with van der Waals surface area (Å²) in [5.41, 5.74) is -0.0553. The predicted octanol–water partition coefficient (Wildman–Crippen LogP) is 2.87. The average molecular weight is 288 g/mol. The van der Waals surface area contributed by atoms with Gasteiger partial charge in [0.25, 0.3) is 0 Å². The molecule has 1 fully saturated rings. The number of piperidine rings is 1. The van der Waals surface area contributed by atoms with Crippen LogP contribution in [-0.2, 0) is 0 Å². The number of rotatable bonds is 2. The van der Waals surface area contributed by atoms with Gasteiger partial charge in [-0.2, -0.15) is 10.4 Å². The highest BCUT2D eigenvalue weighted by Gasteiger charge is 2.26. The summed E-state index contributed by atoms with van der Waals surface area (Å²) in [5, 5.41) is 12.9. The third-order valence-electron chi connectivity index (χ3n) is 3.76. The second-order valence-electron chi connectivity index (χ2n) is 5.13. The first-order valence-electron chi connectivity index (χ1n) is 6.82. The first-order chi connectivity index (χ1) is 10.2. The topological polar surface area (TPSA) is 44.9 Å². The highest BCUT2D eigenvalue weighted by Crippen LogP contribution is 2.30. The lowest BCUT2D eigenvalue weighted by Crippen LogP contribution is -2.37. The summed E-state index contributed by atoms with van der Waals surface area (Å²) in [4.78, 5) is 1.70. The summed E-state index contributed by atoms with van der Waals surface area (Å²) >= 11 is 0. The number of aromatic nitrogens is 2. The van der Waals surface area contributed by atoms with Crippen molar-refractivity contribution in [1.82, 2.24) is 9.78 Å². The molecule has 0 N–H and O–H groups in total. The van der Waals surface area contributed by atoms with Crippen molar-refractivity contribution in [3.8, 4) is 6.07 Å². The molecular formula is C15H14F2N4. The van der Waals surface area contributed by atoms with Crippen molar-refractivity contribution in [3.63, 3.8) is 0 Å². The van der Waals surface area contributed by atoms with E-state index in [1.165, 1.54) is 0 Å². The maximum absolute atomic E-state index is 14.1. The van der Waals surface area contributed by atoms with Gasteiger partial charge in [0, 0.05) is 25.5 Å². The van der Waals surface area contributed by atoms with Crippen LogP contribution in [0.1, 0.15) is 24.4 Å². The van der Waals surface area contributed by atoms with Crippen LogP contribution in [0.5, 0.6) is 0 Å². The van der Waals surface area contributed by atoms with Gasteiger partial charge in [-0.05, 0) is 31.0 Å². The van der Waals surface area contributed by atoms with Crippen LogP contribution in [0.2, 0.25) is 0 Å². The molecule has 0 bridgehead atoms. The van der Waals surface area contributed by atoms with Gasteiger partial charge in [0.1, 0.15) is 5.69 Å². The molecule has 1 aromatic carbocycles. The maximum Gasteiger partial charge on any atom is 0.150 e. The van der Waals surface area contributed by atoms with Crippen molar-refractivity contribution < 1.29 is 8.78 Å². The Morgan fingerprint density at radius 2 is 2.05 bits per heavy atom. The molecule has 1 atom stereocenters. The molecule has 6 heteroatoms. The van der Waals surface area contributed by atoms with Gasteiger partial charge in [-0.25, -0.2) is 8.78 Å². The molecule has 1 aliphatic rings. The van der Waals surface area contributed by atoms with Crippen molar-refractivity contribution in [2.75, 3.05) is 18.0 Å². The lowest BCUT2D eigenvalue weighted by molar-refractivity contribution is 0.371. The van der Waals surface area contributed by atoms with E-state index in [1.54, 1.807) is 17.2 Å². The fourth-order valence-electron chi connectivity index (χ4n) is 2.80. The van der Waals surface area contributed by atoms with Crippen LogP contribution in [0, 0.1) is 23.0 Å². The molecule has 0 amide bonds. The monoisotopic (exact) mass is 288 g/mol. The van der Waals surface area contributed by atoms with Gasteiger partial charge in [0.05, 0.1) is 17.7 Å². The molecule has 1 aromatic heterocycles. The molecule has 2 heterocycles. The zero-order chi connectivity index (χ0) is 14.8. The Labute approximate surface area is 121 Å². The lowest BCUT2D eigenvalue weighted by Gasteiger charge is -2.34. The van der Waals surface area contributed by atoms with Gasteiger partial charge < -0.3 is 4.90 Å². The molecule has 0 aliphatic carbocycles. The van der Waals surface area contributed by atoms with Crippen molar-refractivity contribution >= 4 is 5.69 Å². The molecule has 1 aliphatic heterocycles. The molecule has 21 heavy (non-hydrogen) atoms. The largest absolute Gasteiger partial charge is 0.365 e. The number of hydrogen-bond donors (Lipinski definition) is 0. The Morgan fingerprint density at radius 3 is 2.67 bits per heavy atom. The maximum atomic E-state index is 14.1. The Hall–Kier alpha value is -2.42. The first-order valence-corrected chi connectivity index (χ1v) is 6.82. The van der Waals surface area contributed by atoms with Crippen LogP contribution >= 0.6 is 0 Å². The molecule has 1 unspecified atom stereocenters. The number of benzene rings is 1. The van der Waals surface area contributed by atoms with Crippen molar-refractivity contribution in [2.24, 2.45) is 0 Å². The number of anilines is 1. The Balaban J connectivity index is 1.89. The summed E-state index contributed by atoms with van der Waals surface area (Å²) in [6.07, 6.45) is 5.32. The third kappa shape index (κ3) is 2.59. The summed E-state index contributed by atoms with van der Waals surface area (Å²) in [5.74, 6) is -1.37. The minimum Gasteiger partial charge on any atom is -0.365 e. The van der Waals surface area contributed by atoms with E-state index in [4.69, 9.17) is 5.26 Å². The summed E-state index contributed by atoms with van der Waals surface area (Å²) in [7, 11) is 0. The fourth-order valence-corrected chi connectivity index (χ4v) is 2.80. The standard InChI is InChI=1S/C15H14F2N4/c16-13-7-11(9-18)8-14(17)15(13)20-5-1-3-12(10-20)21-6-2-4-19-21/h2,4,6-8,12H,1,3,5,10H2. The quantitative estimate of drug-likeness (QED) is 0.853. The van der Waals surface area contributed by atoms with Crippen LogP contribution in [0.25, 0.3) is 0 Å². The van der Waals surface area contributed by atoms with Crippen LogP contribution in [0.15, 0.2) is 30.6 Å². The first kappa shape index (κ1) is 13.6. The van der Waals surface area contributed by atoms with Crippen LogP contribution in [-0.4, -0.2) is 22.9 Å². The van der Waals surface area contributed by atoms with E-state index >= 15 is 0 Å². The van der Waals surface area contributed by atoms with E-state index in [0.29, 0.717) is 13.1 Å². The molecule has 0 radical (unpaired) electrons. The molecule has 0 spiro atoms. The molecule has 1 saturated heterocycles. The Bertz CT molecular complexity index is 652. The van der Waals surface area contributed by atoms with Gasteiger partial charge in [-0.1, -0.05) is 0 Å². The normalized spacial score (nSPS) is 18.5. The van der Waals surface area contributed by atoms with Gasteiger partial charge in [-0.15, -0.1) is 0 Å². The van der Waals surface area contributed by atoms with E-state index < -0.39 is 11.6 Å². The summed E-state index contributed by atoms with van der Waals surface area (Å²) in [6, 6.07) is 5.85. The van der Waals surface area contributed by atoms with Crippen LogP contribution in [0.4, 0.5) is 14.5 Å². The number of nitriles is 1. The SMILES string of the molecule is N#Cc1cc(F)c(N2CCCC(n3cccn3)C2)c(F)c1. The van der Waals surface area contributed by atoms with Crippen LogP contribution in [0.3, 0.4) is 0 Å². The van der Waals surface area contributed by atoms with Crippen molar-refractivity contribution in [2.45, 2.75) is 18.9 Å². The number of hydrogen-bond acceptors (Lipinski definition) is 3. The number of nitrogens with zero attached hydrogens (tertiary/aromatic N) is 4. The molecule has 108 valence electrons. The average Bonchev–Trinajstić information content (AvgIpc) is 3.01. The molecular weight excluding hydrogens is 274 g/mol. The zero-order valence-corrected chi connectivity index (χ0v) is 11.3. The second kappa shape index (κ2) is 5.52. The number of halogens is 2. The van der Waals surface area contributed by atoms with E-state index in [1.807, 2.05) is 16.9 Å². The van der Waals surface area contributed by atoms with Crippen molar-refractivity contribution in [3.05, 3.63) is 47.8 Å². The summed E-state index contributed by atoms with van der Waals surface area (Å²) < 4.78 is 30.0. The minimum absolute atomic E-state index is 0.00520. The second-order valence-corrected chi connectivity index (χ2v) is 5.13. The lowest BCUT2D eigenvalue weighted by atomic mass is 10.0. The predicted molar refractivity (Wildman–Crippen MR) is 73.8 cm³/mol. The highest BCUT2D eigenvalue weighted by molar-refractivity contribution is 5.53. The highest BCUT2D eigenvalue weighted by atomic mass is 19.1. The fraction of sp³-hybridized carbons (Fsp3) is 0.333. The molecule has 4 nitrogen and oxygen atoms in total. The van der Waals surface area contributed by atoms with E-state index in [0.717, 1.165) is 25.0 Å². The van der Waals surface area contributed by atoms with Gasteiger partial charge in [-0.3, -0.25) is 4.68 Å². The van der Waals surface area contributed by atoms with E-state index in [-0.39, 0.29) is 17.3 Å². The smallest absolute Gasteiger partial charge is 0.150 e. The minimum atomic E-state index is -0.687. The molecule has 0 saturated carbocycles. The van der Waals surface area contributed by atoms with E-state index in [9.17, 15) is 8.78 Å². The van der Waals surface area contributed by atoms with Gasteiger partial charge in [0.2, 0.25) is 0 Å². The van der Waals surface area contributed by atoms with Gasteiger partial charge in [0.15, 0.2) is 11.6 Å². The van der Waals surface area contributed by atoms with Gasteiger partial charge >= 0.3 is 0 Å². The van der Waals surface area contributed by atoms with Crippen LogP contribution < -0.4 is 4.90 Å². The molecule has 3 rings (SSSR count). The molecule has 2 aromatic rings. The Morgan fingerprint density at radius 1 is 1.29 bits per heavy atom.